The maximum Gasteiger partial charge on any atom is 0.229 e. The van der Waals surface area contributed by atoms with Crippen LogP contribution in [0.5, 0.6) is 23.0 Å². The van der Waals surface area contributed by atoms with Gasteiger partial charge in [0, 0.05) is 17.7 Å². The van der Waals surface area contributed by atoms with Gasteiger partial charge in [0.2, 0.25) is 18.3 Å². The third-order valence-corrected chi connectivity index (χ3v) is 7.18. The SMILES string of the molecule is CC1OC(Oc2ccc(-c3cc(=O)c4c(O)c(O)c(OC5OC(C)C(O)C(O)C5O)cc4o3)cc2)C(O)C(O)C1O. The number of ether oxygens (including phenoxy) is 4. The summed E-state index contributed by atoms with van der Waals surface area (Å²) in [4.78, 5) is 12.9. The topological polar surface area (TPSA) is 229 Å². The zero-order chi connectivity index (χ0) is 29.7. The normalized spacial score (nSPS) is 34.0. The molecule has 8 N–H and O–H groups in total. The van der Waals surface area contributed by atoms with Crippen molar-refractivity contribution >= 4 is 11.0 Å². The standard InChI is InChI=1S/C27H30O14/c1-9-18(29)22(33)24(35)26(37-9)39-12-5-3-11(4-6-12)14-7-13(28)17-15(40-14)8-16(20(31)21(17)32)41-27-25(36)23(34)19(30)10(2)38-27/h3-10,18-19,22-27,29-36H,1-2H3. The molecule has 14 heteroatoms. The predicted molar refractivity (Wildman–Crippen MR) is 137 cm³/mol. The van der Waals surface area contributed by atoms with Crippen LogP contribution in [-0.2, 0) is 9.47 Å². The number of rotatable bonds is 5. The Morgan fingerprint density at radius 3 is 1.78 bits per heavy atom. The average molecular weight is 579 g/mol. The minimum absolute atomic E-state index is 0.0623. The molecule has 2 fully saturated rings. The van der Waals surface area contributed by atoms with E-state index in [0.29, 0.717) is 5.56 Å². The van der Waals surface area contributed by atoms with Gasteiger partial charge < -0.3 is 64.2 Å². The largest absolute Gasteiger partial charge is 0.504 e. The van der Waals surface area contributed by atoms with Gasteiger partial charge in [-0.25, -0.2) is 0 Å². The quantitative estimate of drug-likeness (QED) is 0.175. The van der Waals surface area contributed by atoms with Crippen molar-refractivity contribution in [2.45, 2.75) is 75.3 Å². The van der Waals surface area contributed by atoms with E-state index in [1.54, 1.807) is 0 Å². The summed E-state index contributed by atoms with van der Waals surface area (Å²) >= 11 is 0. The number of benzene rings is 2. The lowest BCUT2D eigenvalue weighted by molar-refractivity contribution is -0.268. The van der Waals surface area contributed by atoms with Gasteiger partial charge in [-0.3, -0.25) is 4.79 Å². The summed E-state index contributed by atoms with van der Waals surface area (Å²) in [6, 6.07) is 8.24. The first-order chi connectivity index (χ1) is 19.4. The van der Waals surface area contributed by atoms with Crippen LogP contribution in [0, 0.1) is 0 Å². The van der Waals surface area contributed by atoms with E-state index in [1.165, 1.54) is 38.1 Å². The van der Waals surface area contributed by atoms with E-state index in [4.69, 9.17) is 23.4 Å². The molecule has 0 saturated carbocycles. The van der Waals surface area contributed by atoms with E-state index in [2.05, 4.69) is 0 Å². The smallest absolute Gasteiger partial charge is 0.229 e. The Balaban J connectivity index is 1.41. The molecule has 5 rings (SSSR count). The Morgan fingerprint density at radius 2 is 1.22 bits per heavy atom. The molecule has 14 nitrogen and oxygen atoms in total. The van der Waals surface area contributed by atoms with Crippen LogP contribution in [0.2, 0.25) is 0 Å². The molecule has 41 heavy (non-hydrogen) atoms. The van der Waals surface area contributed by atoms with Gasteiger partial charge in [0.25, 0.3) is 0 Å². The number of phenols is 2. The van der Waals surface area contributed by atoms with Crippen molar-refractivity contribution in [3.8, 4) is 34.3 Å². The molecule has 1 aromatic heterocycles. The highest BCUT2D eigenvalue weighted by Gasteiger charge is 2.44. The van der Waals surface area contributed by atoms with Gasteiger partial charge in [-0.1, -0.05) is 0 Å². The average Bonchev–Trinajstić information content (AvgIpc) is 2.95. The maximum absolute atomic E-state index is 12.9. The Hall–Kier alpha value is -3.47. The van der Waals surface area contributed by atoms with Gasteiger partial charge in [0.15, 0.2) is 16.9 Å². The van der Waals surface area contributed by atoms with Gasteiger partial charge in [-0.15, -0.1) is 0 Å². The predicted octanol–water partition coefficient (Wildman–Crippen LogP) is -0.716. The van der Waals surface area contributed by atoms with Crippen LogP contribution in [0.4, 0.5) is 0 Å². The van der Waals surface area contributed by atoms with Gasteiger partial charge in [-0.2, -0.15) is 0 Å². The number of hydrogen-bond donors (Lipinski definition) is 8. The van der Waals surface area contributed by atoms with Crippen molar-refractivity contribution in [3.63, 3.8) is 0 Å². The molecule has 0 radical (unpaired) electrons. The number of hydrogen-bond acceptors (Lipinski definition) is 14. The van der Waals surface area contributed by atoms with Gasteiger partial charge in [0.05, 0.1) is 12.2 Å². The zero-order valence-corrected chi connectivity index (χ0v) is 21.8. The van der Waals surface area contributed by atoms with E-state index in [-0.39, 0.29) is 22.5 Å². The Bertz CT molecular complexity index is 1460. The number of phenolic OH excluding ortho intramolecular Hbond substituents is 2. The summed E-state index contributed by atoms with van der Waals surface area (Å²) in [7, 11) is 0. The second-order valence-electron chi connectivity index (χ2n) is 10.0. The van der Waals surface area contributed by atoms with Crippen molar-refractivity contribution in [3.05, 3.63) is 46.6 Å². The summed E-state index contributed by atoms with van der Waals surface area (Å²) in [5, 5.41) is 80.8. The highest BCUT2D eigenvalue weighted by molar-refractivity contribution is 5.89. The van der Waals surface area contributed by atoms with Crippen LogP contribution in [0.15, 0.2) is 45.6 Å². The van der Waals surface area contributed by atoms with Crippen molar-refractivity contribution in [2.75, 3.05) is 0 Å². The van der Waals surface area contributed by atoms with E-state index in [1.807, 2.05) is 0 Å². The highest BCUT2D eigenvalue weighted by atomic mass is 16.7. The molecular formula is C27H30O14. The molecule has 222 valence electrons. The summed E-state index contributed by atoms with van der Waals surface area (Å²) in [5.41, 5.74) is -0.475. The Kier molecular flexibility index (Phi) is 7.84. The van der Waals surface area contributed by atoms with Gasteiger partial charge in [0.1, 0.15) is 59.1 Å². The monoisotopic (exact) mass is 578 g/mol. The summed E-state index contributed by atoms with van der Waals surface area (Å²) < 4.78 is 27.7. The van der Waals surface area contributed by atoms with Crippen LogP contribution in [0.25, 0.3) is 22.3 Å². The van der Waals surface area contributed by atoms with Crippen molar-refractivity contribution < 1.29 is 64.2 Å². The van der Waals surface area contributed by atoms with Crippen LogP contribution >= 0.6 is 0 Å². The molecule has 10 unspecified atom stereocenters. The number of aromatic hydroxyl groups is 2. The second-order valence-corrected chi connectivity index (χ2v) is 10.0. The van der Waals surface area contributed by atoms with Gasteiger partial charge >= 0.3 is 0 Å². The third-order valence-electron chi connectivity index (χ3n) is 7.18. The Morgan fingerprint density at radius 1 is 0.683 bits per heavy atom. The maximum atomic E-state index is 12.9. The van der Waals surface area contributed by atoms with Crippen LogP contribution in [0.3, 0.4) is 0 Å². The fraction of sp³-hybridized carbons (Fsp3) is 0.444. The lowest BCUT2D eigenvalue weighted by atomic mass is 10.00. The van der Waals surface area contributed by atoms with E-state index >= 15 is 0 Å². The fourth-order valence-corrected chi connectivity index (χ4v) is 4.68. The molecule has 0 spiro atoms. The van der Waals surface area contributed by atoms with Crippen LogP contribution in [0.1, 0.15) is 13.8 Å². The molecule has 3 aromatic rings. The first-order valence-corrected chi connectivity index (χ1v) is 12.7. The molecule has 0 amide bonds. The first kappa shape index (κ1) is 29.0. The van der Waals surface area contributed by atoms with Crippen molar-refractivity contribution in [1.82, 2.24) is 0 Å². The minimum Gasteiger partial charge on any atom is -0.504 e. The summed E-state index contributed by atoms with van der Waals surface area (Å²) in [6.45, 7) is 2.96. The number of aliphatic hydroxyl groups excluding tert-OH is 6. The third kappa shape index (κ3) is 5.31. The molecule has 2 aliphatic rings. The minimum atomic E-state index is -1.70. The first-order valence-electron chi connectivity index (χ1n) is 12.7. The molecule has 2 aliphatic heterocycles. The van der Waals surface area contributed by atoms with Crippen molar-refractivity contribution in [2.24, 2.45) is 0 Å². The van der Waals surface area contributed by atoms with E-state index < -0.39 is 84.1 Å². The van der Waals surface area contributed by atoms with Crippen molar-refractivity contribution in [1.29, 1.82) is 0 Å². The summed E-state index contributed by atoms with van der Waals surface area (Å²) in [5.74, 6) is -1.79. The molecule has 0 bridgehead atoms. The van der Waals surface area contributed by atoms with Gasteiger partial charge in [-0.05, 0) is 38.1 Å². The molecule has 0 aliphatic carbocycles. The van der Waals surface area contributed by atoms with E-state index in [9.17, 15) is 45.6 Å². The lowest BCUT2D eigenvalue weighted by Crippen LogP contribution is -2.58. The van der Waals surface area contributed by atoms with Crippen LogP contribution in [-0.4, -0.2) is 102 Å². The molecule has 3 heterocycles. The Labute approximate surface area is 231 Å². The number of fused-ring (bicyclic) bond motifs is 1. The lowest BCUT2D eigenvalue weighted by Gasteiger charge is -2.38. The highest BCUT2D eigenvalue weighted by Crippen LogP contribution is 2.42. The number of aliphatic hydroxyl groups is 6. The molecule has 2 aromatic carbocycles. The summed E-state index contributed by atoms with van der Waals surface area (Å²) in [6.07, 6.45) is -13.4. The zero-order valence-electron chi connectivity index (χ0n) is 21.8. The fourth-order valence-electron chi connectivity index (χ4n) is 4.68. The molecular weight excluding hydrogens is 548 g/mol. The van der Waals surface area contributed by atoms with E-state index in [0.717, 1.165) is 12.1 Å². The molecule has 2 saturated heterocycles. The molecule has 10 atom stereocenters. The second kappa shape index (κ2) is 11.1. The van der Waals surface area contributed by atoms with Crippen LogP contribution < -0.4 is 14.9 Å².